The van der Waals surface area contributed by atoms with Crippen LogP contribution in [-0.4, -0.2) is 39.3 Å². The molecule has 0 radical (unpaired) electrons. The fourth-order valence-corrected chi connectivity index (χ4v) is 2.85. The Bertz CT molecular complexity index is 699. The van der Waals surface area contributed by atoms with Crippen LogP contribution in [0.3, 0.4) is 0 Å². The van der Waals surface area contributed by atoms with Gasteiger partial charge in [0.25, 0.3) is 0 Å². The highest BCUT2D eigenvalue weighted by molar-refractivity contribution is 6.28. The van der Waals surface area contributed by atoms with Gasteiger partial charge in [0.1, 0.15) is 0 Å². The molecule has 0 bridgehead atoms. The Morgan fingerprint density at radius 1 is 1.32 bits per heavy atom. The molecule has 0 spiro atoms. The van der Waals surface area contributed by atoms with Crippen molar-refractivity contribution in [2.75, 3.05) is 18.0 Å². The lowest BCUT2D eigenvalue weighted by Crippen LogP contribution is -2.38. The molecule has 10 heteroatoms. The normalized spacial score (nSPS) is 17.6. The van der Waals surface area contributed by atoms with Gasteiger partial charge < -0.3 is 14.2 Å². The van der Waals surface area contributed by atoms with Crippen molar-refractivity contribution in [1.29, 1.82) is 0 Å². The summed E-state index contributed by atoms with van der Waals surface area (Å²) in [7, 11) is 0. The number of alkyl halides is 2. The number of piperidine rings is 1. The molecule has 136 valence electrons. The smallest absolute Gasteiger partial charge is 0.324 e. The molecule has 1 unspecified atom stereocenters. The molecule has 7 nitrogen and oxygen atoms in total. The molecule has 25 heavy (non-hydrogen) atoms. The minimum absolute atomic E-state index is 0.0369. The predicted molar refractivity (Wildman–Crippen MR) is 85.9 cm³/mol. The van der Waals surface area contributed by atoms with E-state index in [4.69, 9.17) is 20.9 Å². The standard InChI is InChI=1S/C15H18ClF2N5O2/c1-9(24-11-7-19-13(16)20-8-11)10-3-5-23(6-4-10)14-21-12(22-25-14)15(2,17)18/h7-10H,3-6H2,1-2H3. The van der Waals surface area contributed by atoms with Crippen molar-refractivity contribution < 1.29 is 18.0 Å². The van der Waals surface area contributed by atoms with E-state index in [1.165, 1.54) is 12.4 Å². The topological polar surface area (TPSA) is 77.2 Å². The third-order valence-electron chi connectivity index (χ3n) is 4.20. The van der Waals surface area contributed by atoms with Gasteiger partial charge in [0.15, 0.2) is 5.75 Å². The zero-order chi connectivity index (χ0) is 18.0. The number of hydrogen-bond donors (Lipinski definition) is 0. The quantitative estimate of drug-likeness (QED) is 0.744. The summed E-state index contributed by atoms with van der Waals surface area (Å²) in [6.07, 6.45) is 4.66. The van der Waals surface area contributed by atoms with Crippen LogP contribution in [0.1, 0.15) is 32.5 Å². The molecule has 1 atom stereocenters. The molecule has 0 aliphatic carbocycles. The van der Waals surface area contributed by atoms with Gasteiger partial charge in [0.05, 0.1) is 18.5 Å². The van der Waals surface area contributed by atoms with Crippen LogP contribution >= 0.6 is 11.6 Å². The van der Waals surface area contributed by atoms with E-state index in [9.17, 15) is 8.78 Å². The van der Waals surface area contributed by atoms with E-state index < -0.39 is 11.7 Å². The Morgan fingerprint density at radius 2 is 1.96 bits per heavy atom. The van der Waals surface area contributed by atoms with E-state index in [-0.39, 0.29) is 17.4 Å². The Kier molecular flexibility index (Phi) is 5.03. The predicted octanol–water partition coefficient (Wildman–Crippen LogP) is 3.31. The van der Waals surface area contributed by atoms with Crippen LogP contribution in [-0.2, 0) is 5.92 Å². The van der Waals surface area contributed by atoms with Crippen molar-refractivity contribution in [1.82, 2.24) is 20.1 Å². The van der Waals surface area contributed by atoms with Crippen LogP contribution in [0.2, 0.25) is 5.28 Å². The number of anilines is 1. The van der Waals surface area contributed by atoms with Crippen molar-refractivity contribution in [2.45, 2.75) is 38.7 Å². The van der Waals surface area contributed by atoms with Gasteiger partial charge in [-0.1, -0.05) is 5.16 Å². The number of hydrogen-bond acceptors (Lipinski definition) is 7. The lowest BCUT2D eigenvalue weighted by Gasteiger charge is -2.33. The van der Waals surface area contributed by atoms with E-state index in [2.05, 4.69) is 20.1 Å². The van der Waals surface area contributed by atoms with Crippen LogP contribution in [0.25, 0.3) is 0 Å². The second-order valence-corrected chi connectivity index (χ2v) is 6.46. The summed E-state index contributed by atoms with van der Waals surface area (Å²) in [6.45, 7) is 3.99. The van der Waals surface area contributed by atoms with E-state index in [0.29, 0.717) is 24.8 Å². The van der Waals surface area contributed by atoms with Crippen LogP contribution in [0.15, 0.2) is 16.9 Å². The second-order valence-electron chi connectivity index (χ2n) is 6.12. The average Bonchev–Trinajstić information content (AvgIpc) is 3.07. The molecule has 0 amide bonds. The summed E-state index contributed by atoms with van der Waals surface area (Å²) in [4.78, 5) is 13.4. The molecule has 1 aliphatic heterocycles. The lowest BCUT2D eigenvalue weighted by atomic mass is 9.92. The minimum atomic E-state index is -3.11. The molecule has 0 N–H and O–H groups in total. The fraction of sp³-hybridized carbons (Fsp3) is 0.600. The van der Waals surface area contributed by atoms with E-state index in [0.717, 1.165) is 19.8 Å². The molecule has 3 heterocycles. The maximum Gasteiger partial charge on any atom is 0.324 e. The number of halogens is 3. The Labute approximate surface area is 148 Å². The first-order valence-electron chi connectivity index (χ1n) is 7.94. The first-order valence-corrected chi connectivity index (χ1v) is 8.32. The minimum Gasteiger partial charge on any atom is -0.487 e. The first-order chi connectivity index (χ1) is 11.8. The molecule has 1 saturated heterocycles. The van der Waals surface area contributed by atoms with Crippen LogP contribution in [0.5, 0.6) is 5.75 Å². The summed E-state index contributed by atoms with van der Waals surface area (Å²) in [6, 6.07) is 0.134. The van der Waals surface area contributed by atoms with Crippen molar-refractivity contribution >= 4 is 17.6 Å². The van der Waals surface area contributed by atoms with Gasteiger partial charge in [0.2, 0.25) is 11.1 Å². The zero-order valence-electron chi connectivity index (χ0n) is 13.8. The van der Waals surface area contributed by atoms with Crippen LogP contribution < -0.4 is 9.64 Å². The number of rotatable bonds is 5. The lowest BCUT2D eigenvalue weighted by molar-refractivity contribution is 0.00559. The molecule has 2 aromatic heterocycles. The molecule has 0 aromatic carbocycles. The van der Waals surface area contributed by atoms with Gasteiger partial charge in [-0.2, -0.15) is 13.8 Å². The molecule has 2 aromatic rings. The van der Waals surface area contributed by atoms with Crippen molar-refractivity contribution in [3.8, 4) is 5.75 Å². The largest absolute Gasteiger partial charge is 0.487 e. The van der Waals surface area contributed by atoms with Crippen molar-refractivity contribution in [3.63, 3.8) is 0 Å². The SMILES string of the molecule is CC(Oc1cnc(Cl)nc1)C1CCN(c2nc(C(C)(F)F)no2)CC1. The second kappa shape index (κ2) is 7.07. The number of aromatic nitrogens is 4. The van der Waals surface area contributed by atoms with E-state index in [1.807, 2.05) is 11.8 Å². The molecule has 1 aliphatic rings. The van der Waals surface area contributed by atoms with Gasteiger partial charge in [0, 0.05) is 20.0 Å². The Hall–Kier alpha value is -2.03. The summed E-state index contributed by atoms with van der Waals surface area (Å²) >= 11 is 5.65. The van der Waals surface area contributed by atoms with Gasteiger partial charge in [-0.05, 0) is 37.3 Å². The number of ether oxygens (including phenoxy) is 1. The zero-order valence-corrected chi connectivity index (χ0v) is 14.6. The molecular weight excluding hydrogens is 356 g/mol. The summed E-state index contributed by atoms with van der Waals surface area (Å²) in [5.74, 6) is -2.83. The molecule has 3 rings (SSSR count). The highest BCUT2D eigenvalue weighted by Gasteiger charge is 2.33. The van der Waals surface area contributed by atoms with E-state index in [1.54, 1.807) is 0 Å². The summed E-state index contributed by atoms with van der Waals surface area (Å²) in [5, 5.41) is 3.52. The molecule has 1 fully saturated rings. The van der Waals surface area contributed by atoms with Crippen molar-refractivity contribution in [2.24, 2.45) is 5.92 Å². The van der Waals surface area contributed by atoms with Gasteiger partial charge >= 0.3 is 11.9 Å². The van der Waals surface area contributed by atoms with Gasteiger partial charge in [-0.15, -0.1) is 0 Å². The summed E-state index contributed by atoms with van der Waals surface area (Å²) < 4.78 is 37.2. The fourth-order valence-electron chi connectivity index (χ4n) is 2.75. The monoisotopic (exact) mass is 373 g/mol. The van der Waals surface area contributed by atoms with Gasteiger partial charge in [-0.25, -0.2) is 9.97 Å². The third-order valence-corrected chi connectivity index (χ3v) is 4.40. The summed E-state index contributed by atoms with van der Waals surface area (Å²) in [5.41, 5.74) is 0. The highest BCUT2D eigenvalue weighted by Crippen LogP contribution is 2.29. The van der Waals surface area contributed by atoms with Crippen LogP contribution in [0.4, 0.5) is 14.8 Å². The maximum atomic E-state index is 13.2. The molecular formula is C15H18ClF2N5O2. The average molecular weight is 374 g/mol. The van der Waals surface area contributed by atoms with Crippen molar-refractivity contribution in [3.05, 3.63) is 23.5 Å². The van der Waals surface area contributed by atoms with Gasteiger partial charge in [-0.3, -0.25) is 0 Å². The van der Waals surface area contributed by atoms with E-state index >= 15 is 0 Å². The maximum absolute atomic E-state index is 13.2. The van der Waals surface area contributed by atoms with Crippen LogP contribution in [0, 0.1) is 5.92 Å². The Balaban J connectivity index is 1.54. The Morgan fingerprint density at radius 3 is 2.52 bits per heavy atom. The number of nitrogens with zero attached hydrogens (tertiary/aromatic N) is 5. The first kappa shape index (κ1) is 17.8. The third kappa shape index (κ3) is 4.33. The molecule has 0 saturated carbocycles. The highest BCUT2D eigenvalue weighted by atomic mass is 35.5.